The topological polar surface area (TPSA) is 51.0 Å². The SMILES string of the molecule is C[C@@H]1c2nc(C3CC3)nn2CCN1C(=O)Cc1c(Cl)cccc1Cl. The number of rotatable bonds is 3. The van der Waals surface area contributed by atoms with Gasteiger partial charge in [0.1, 0.15) is 5.82 Å². The van der Waals surface area contributed by atoms with E-state index >= 15 is 0 Å². The molecule has 0 radical (unpaired) electrons. The summed E-state index contributed by atoms with van der Waals surface area (Å²) < 4.78 is 1.95. The molecule has 5 nitrogen and oxygen atoms in total. The summed E-state index contributed by atoms with van der Waals surface area (Å²) in [6, 6.07) is 5.21. The van der Waals surface area contributed by atoms with Crippen LogP contribution in [0.25, 0.3) is 0 Å². The van der Waals surface area contributed by atoms with Crippen molar-refractivity contribution in [2.24, 2.45) is 0 Å². The van der Waals surface area contributed by atoms with E-state index in [1.54, 1.807) is 18.2 Å². The zero-order chi connectivity index (χ0) is 16.8. The Balaban J connectivity index is 1.54. The number of nitrogens with zero attached hydrogens (tertiary/aromatic N) is 4. The van der Waals surface area contributed by atoms with E-state index in [0.717, 1.165) is 11.6 Å². The summed E-state index contributed by atoms with van der Waals surface area (Å²) in [5.74, 6) is 2.34. The predicted molar refractivity (Wildman–Crippen MR) is 92.3 cm³/mol. The summed E-state index contributed by atoms with van der Waals surface area (Å²) in [7, 11) is 0. The molecular formula is C17H18Cl2N4O. The first-order valence-electron chi connectivity index (χ1n) is 8.21. The maximum absolute atomic E-state index is 12.8. The van der Waals surface area contributed by atoms with Gasteiger partial charge < -0.3 is 4.90 Å². The van der Waals surface area contributed by atoms with E-state index in [4.69, 9.17) is 23.2 Å². The fourth-order valence-electron chi connectivity index (χ4n) is 3.19. The third kappa shape index (κ3) is 2.80. The Labute approximate surface area is 150 Å². The second kappa shape index (κ2) is 6.05. The Morgan fingerprint density at radius 1 is 1.25 bits per heavy atom. The normalized spacial score (nSPS) is 20.1. The summed E-state index contributed by atoms with van der Waals surface area (Å²) in [5.41, 5.74) is 0.684. The van der Waals surface area contributed by atoms with Gasteiger partial charge in [-0.05, 0) is 37.5 Å². The average molecular weight is 365 g/mol. The summed E-state index contributed by atoms with van der Waals surface area (Å²) in [6.07, 6.45) is 2.55. The van der Waals surface area contributed by atoms with Crippen molar-refractivity contribution in [2.75, 3.05) is 6.54 Å². The number of hydrogen-bond acceptors (Lipinski definition) is 3. The maximum Gasteiger partial charge on any atom is 0.227 e. The van der Waals surface area contributed by atoms with Crippen LogP contribution in [0.5, 0.6) is 0 Å². The van der Waals surface area contributed by atoms with Gasteiger partial charge in [-0.1, -0.05) is 29.3 Å². The first kappa shape index (κ1) is 15.9. The minimum Gasteiger partial charge on any atom is -0.331 e. The smallest absolute Gasteiger partial charge is 0.227 e. The van der Waals surface area contributed by atoms with Gasteiger partial charge in [-0.25, -0.2) is 9.67 Å². The molecule has 0 spiro atoms. The molecule has 2 heterocycles. The van der Waals surface area contributed by atoms with Crippen LogP contribution < -0.4 is 0 Å². The number of carbonyl (C=O) groups excluding carboxylic acids is 1. The van der Waals surface area contributed by atoms with Gasteiger partial charge in [0.15, 0.2) is 5.82 Å². The molecule has 0 N–H and O–H groups in total. The van der Waals surface area contributed by atoms with Gasteiger partial charge in [-0.15, -0.1) is 0 Å². The van der Waals surface area contributed by atoms with Gasteiger partial charge in [0, 0.05) is 22.5 Å². The summed E-state index contributed by atoms with van der Waals surface area (Å²) in [5, 5.41) is 5.65. The first-order valence-corrected chi connectivity index (χ1v) is 8.97. The van der Waals surface area contributed by atoms with Crippen LogP contribution in [-0.4, -0.2) is 32.1 Å². The lowest BCUT2D eigenvalue weighted by atomic mass is 10.1. The average Bonchev–Trinajstić information content (AvgIpc) is 3.31. The van der Waals surface area contributed by atoms with Crippen LogP contribution in [0.15, 0.2) is 18.2 Å². The van der Waals surface area contributed by atoms with Crippen molar-refractivity contribution < 1.29 is 4.79 Å². The van der Waals surface area contributed by atoms with Gasteiger partial charge in [-0.2, -0.15) is 5.10 Å². The molecule has 0 bridgehead atoms. The second-order valence-corrected chi connectivity index (χ2v) is 7.28. The third-order valence-corrected chi connectivity index (χ3v) is 5.47. The molecule has 2 aliphatic rings. The van der Waals surface area contributed by atoms with Crippen molar-refractivity contribution in [2.45, 2.75) is 44.7 Å². The van der Waals surface area contributed by atoms with E-state index in [1.807, 2.05) is 16.5 Å². The van der Waals surface area contributed by atoms with Crippen molar-refractivity contribution in [3.8, 4) is 0 Å². The van der Waals surface area contributed by atoms with E-state index in [0.29, 0.717) is 34.6 Å². The van der Waals surface area contributed by atoms with Crippen LogP contribution in [0.1, 0.15) is 48.9 Å². The quantitative estimate of drug-likeness (QED) is 0.835. The highest BCUT2D eigenvalue weighted by Gasteiger charge is 2.34. The van der Waals surface area contributed by atoms with Gasteiger partial charge in [0.25, 0.3) is 0 Å². The van der Waals surface area contributed by atoms with Crippen LogP contribution in [0.3, 0.4) is 0 Å². The maximum atomic E-state index is 12.8. The minimum atomic E-state index is -0.0903. The summed E-state index contributed by atoms with van der Waals surface area (Å²) >= 11 is 12.4. The van der Waals surface area contributed by atoms with E-state index in [9.17, 15) is 4.79 Å². The number of halogens is 2. The highest BCUT2D eigenvalue weighted by Crippen LogP contribution is 2.39. The first-order chi connectivity index (χ1) is 11.5. The van der Waals surface area contributed by atoms with E-state index in [1.165, 1.54) is 12.8 Å². The molecule has 1 fully saturated rings. The number of benzene rings is 1. The molecule has 1 saturated carbocycles. The van der Waals surface area contributed by atoms with Gasteiger partial charge in [0.05, 0.1) is 19.0 Å². The molecule has 24 heavy (non-hydrogen) atoms. The lowest BCUT2D eigenvalue weighted by Gasteiger charge is -2.33. The standard InChI is InChI=1S/C17H18Cl2N4O/c1-10-17-20-16(11-5-6-11)21-23(17)8-7-22(10)15(24)9-12-13(18)3-2-4-14(12)19/h2-4,10-11H,5-9H2,1H3/t10-/m1/s1. The van der Waals surface area contributed by atoms with Crippen molar-refractivity contribution in [3.63, 3.8) is 0 Å². The molecule has 126 valence electrons. The number of aromatic nitrogens is 3. The highest BCUT2D eigenvalue weighted by atomic mass is 35.5. The fraction of sp³-hybridized carbons (Fsp3) is 0.471. The molecule has 7 heteroatoms. The van der Waals surface area contributed by atoms with Crippen LogP contribution in [-0.2, 0) is 17.8 Å². The monoisotopic (exact) mass is 364 g/mol. The second-order valence-electron chi connectivity index (χ2n) is 6.47. The predicted octanol–water partition coefficient (Wildman–Crippen LogP) is 3.61. The number of amides is 1. The van der Waals surface area contributed by atoms with Crippen molar-refractivity contribution >= 4 is 29.1 Å². The molecule has 1 aromatic heterocycles. The fourth-order valence-corrected chi connectivity index (χ4v) is 3.72. The van der Waals surface area contributed by atoms with E-state index in [-0.39, 0.29) is 18.4 Å². The lowest BCUT2D eigenvalue weighted by Crippen LogP contribution is -2.42. The summed E-state index contributed by atoms with van der Waals surface area (Å²) in [6.45, 7) is 3.31. The lowest BCUT2D eigenvalue weighted by molar-refractivity contribution is -0.133. The largest absolute Gasteiger partial charge is 0.331 e. The van der Waals surface area contributed by atoms with E-state index in [2.05, 4.69) is 10.1 Å². The van der Waals surface area contributed by atoms with Gasteiger partial charge in [0.2, 0.25) is 5.91 Å². The van der Waals surface area contributed by atoms with Crippen LogP contribution >= 0.6 is 23.2 Å². The summed E-state index contributed by atoms with van der Waals surface area (Å²) in [4.78, 5) is 19.3. The van der Waals surface area contributed by atoms with Crippen molar-refractivity contribution in [1.82, 2.24) is 19.7 Å². The zero-order valence-electron chi connectivity index (χ0n) is 13.4. The molecule has 1 aliphatic carbocycles. The number of hydrogen-bond donors (Lipinski definition) is 0. The molecule has 4 rings (SSSR count). The van der Waals surface area contributed by atoms with Crippen LogP contribution in [0.2, 0.25) is 10.0 Å². The van der Waals surface area contributed by atoms with Gasteiger partial charge >= 0.3 is 0 Å². The third-order valence-electron chi connectivity index (χ3n) is 4.76. The molecule has 2 aromatic rings. The minimum absolute atomic E-state index is 0.0136. The Morgan fingerprint density at radius 2 is 1.96 bits per heavy atom. The highest BCUT2D eigenvalue weighted by molar-refractivity contribution is 6.36. The molecule has 1 aliphatic heterocycles. The van der Waals surface area contributed by atoms with Gasteiger partial charge in [-0.3, -0.25) is 4.79 Å². The van der Waals surface area contributed by atoms with Crippen molar-refractivity contribution in [3.05, 3.63) is 45.5 Å². The van der Waals surface area contributed by atoms with Crippen LogP contribution in [0.4, 0.5) is 0 Å². The Bertz CT molecular complexity index is 780. The number of fused-ring (bicyclic) bond motifs is 1. The Kier molecular flexibility index (Phi) is 4.01. The molecule has 0 saturated heterocycles. The Hall–Kier alpha value is -1.59. The molecule has 0 unspecified atom stereocenters. The molecule has 1 atom stereocenters. The number of carbonyl (C=O) groups is 1. The van der Waals surface area contributed by atoms with Crippen molar-refractivity contribution in [1.29, 1.82) is 0 Å². The zero-order valence-corrected chi connectivity index (χ0v) is 14.9. The van der Waals surface area contributed by atoms with Crippen LogP contribution in [0, 0.1) is 0 Å². The van der Waals surface area contributed by atoms with E-state index < -0.39 is 0 Å². The Morgan fingerprint density at radius 3 is 2.62 bits per heavy atom. The molecular weight excluding hydrogens is 347 g/mol. The molecule has 1 aromatic carbocycles. The molecule has 1 amide bonds.